The molecular formula is C13H11F3INO. The van der Waals surface area contributed by atoms with Gasteiger partial charge in [0.1, 0.15) is 0 Å². The van der Waals surface area contributed by atoms with Crippen molar-refractivity contribution in [1.29, 1.82) is 0 Å². The van der Waals surface area contributed by atoms with Crippen molar-refractivity contribution in [3.05, 3.63) is 32.9 Å². The summed E-state index contributed by atoms with van der Waals surface area (Å²) in [5.41, 5.74) is -0.465. The predicted octanol–water partition coefficient (Wildman–Crippen LogP) is 3.59. The van der Waals surface area contributed by atoms with Crippen LogP contribution >= 0.6 is 22.6 Å². The van der Waals surface area contributed by atoms with E-state index in [1.165, 1.54) is 12.1 Å². The maximum Gasteiger partial charge on any atom is 0.417 e. The Hall–Kier alpha value is -0.790. The van der Waals surface area contributed by atoms with Gasteiger partial charge in [-0.05, 0) is 66.0 Å². The van der Waals surface area contributed by atoms with Gasteiger partial charge in [-0.1, -0.05) is 0 Å². The first-order valence-electron chi connectivity index (χ1n) is 5.98. The Labute approximate surface area is 121 Å². The zero-order valence-electron chi connectivity index (χ0n) is 9.85. The van der Waals surface area contributed by atoms with Gasteiger partial charge in [0, 0.05) is 14.7 Å². The van der Waals surface area contributed by atoms with E-state index in [2.05, 4.69) is 5.32 Å². The molecule has 1 aromatic carbocycles. The number of alkyl halides is 3. The second kappa shape index (κ2) is 4.10. The quantitative estimate of drug-likeness (QED) is 0.780. The van der Waals surface area contributed by atoms with Crippen LogP contribution in [0.3, 0.4) is 0 Å². The first kappa shape index (κ1) is 13.2. The molecule has 1 N–H and O–H groups in total. The molecule has 0 saturated heterocycles. The van der Waals surface area contributed by atoms with Crippen molar-refractivity contribution in [1.82, 2.24) is 5.32 Å². The molecule has 102 valence electrons. The fourth-order valence-corrected chi connectivity index (χ4v) is 3.65. The van der Waals surface area contributed by atoms with Crippen LogP contribution in [0, 0.1) is 9.49 Å². The highest BCUT2D eigenvalue weighted by Gasteiger charge is 2.57. The molecule has 3 aliphatic rings. The third-order valence-electron chi connectivity index (χ3n) is 3.95. The average molecular weight is 381 g/mol. The third kappa shape index (κ3) is 2.23. The largest absolute Gasteiger partial charge is 0.417 e. The molecule has 1 aromatic rings. The van der Waals surface area contributed by atoms with Gasteiger partial charge in [0.2, 0.25) is 0 Å². The van der Waals surface area contributed by atoms with Gasteiger partial charge in [-0.25, -0.2) is 0 Å². The van der Waals surface area contributed by atoms with Crippen molar-refractivity contribution < 1.29 is 18.0 Å². The van der Waals surface area contributed by atoms with Crippen LogP contribution < -0.4 is 5.32 Å². The average Bonchev–Trinajstić information content (AvgIpc) is 2.19. The molecule has 3 saturated carbocycles. The maximum atomic E-state index is 12.6. The maximum absolute atomic E-state index is 12.6. The first-order valence-corrected chi connectivity index (χ1v) is 7.06. The summed E-state index contributed by atoms with van der Waals surface area (Å²) in [5.74, 6) is 0.470. The summed E-state index contributed by atoms with van der Waals surface area (Å²) < 4.78 is 37.9. The number of benzene rings is 1. The minimum absolute atomic E-state index is 0.0512. The van der Waals surface area contributed by atoms with E-state index in [1.54, 1.807) is 22.6 Å². The zero-order chi connectivity index (χ0) is 13.8. The molecule has 0 aliphatic heterocycles. The molecule has 3 fully saturated rings. The van der Waals surface area contributed by atoms with E-state index in [4.69, 9.17) is 0 Å². The van der Waals surface area contributed by atoms with Gasteiger partial charge in [-0.3, -0.25) is 4.79 Å². The standard InChI is InChI=1S/C13H11F3INO/c14-13(15,16)9-2-1-8(3-10(9)17)11(19)18-12-4-7(5-12)6-12/h1-3,7H,4-6H2,(H,18,19). The van der Waals surface area contributed by atoms with Crippen LogP contribution in [0.1, 0.15) is 35.2 Å². The summed E-state index contributed by atoms with van der Waals surface area (Å²) >= 11 is 1.61. The summed E-state index contributed by atoms with van der Waals surface area (Å²) in [5, 5.41) is 2.94. The van der Waals surface area contributed by atoms with E-state index in [0.717, 1.165) is 31.2 Å². The predicted molar refractivity (Wildman–Crippen MR) is 71.7 cm³/mol. The number of nitrogens with one attached hydrogen (secondary N) is 1. The van der Waals surface area contributed by atoms with Gasteiger partial charge in [-0.2, -0.15) is 13.2 Å². The van der Waals surface area contributed by atoms with Crippen LogP contribution in [0.4, 0.5) is 13.2 Å². The number of hydrogen-bond acceptors (Lipinski definition) is 1. The van der Waals surface area contributed by atoms with E-state index in [9.17, 15) is 18.0 Å². The monoisotopic (exact) mass is 381 g/mol. The second-order valence-electron chi connectivity index (χ2n) is 5.41. The lowest BCUT2D eigenvalue weighted by molar-refractivity contribution is -0.138. The van der Waals surface area contributed by atoms with Gasteiger partial charge in [0.15, 0.2) is 0 Å². The minimum atomic E-state index is -4.38. The fourth-order valence-electron chi connectivity index (χ4n) is 2.83. The second-order valence-corrected chi connectivity index (χ2v) is 6.57. The van der Waals surface area contributed by atoms with Gasteiger partial charge < -0.3 is 5.32 Å². The summed E-state index contributed by atoms with van der Waals surface area (Å²) in [7, 11) is 0. The number of carbonyl (C=O) groups excluding carboxylic acids is 1. The van der Waals surface area contributed by atoms with Gasteiger partial charge in [0.25, 0.3) is 5.91 Å². The Bertz CT molecular complexity index is 538. The van der Waals surface area contributed by atoms with Crippen molar-refractivity contribution in [3.8, 4) is 0 Å². The normalized spacial score (nSPS) is 28.3. The number of rotatable bonds is 2. The summed E-state index contributed by atoms with van der Waals surface area (Å²) in [6.45, 7) is 0. The van der Waals surface area contributed by atoms with Crippen LogP contribution in [0.5, 0.6) is 0 Å². The molecule has 0 spiro atoms. The molecule has 1 amide bonds. The van der Waals surface area contributed by atoms with E-state index < -0.39 is 11.7 Å². The lowest BCUT2D eigenvalue weighted by Gasteiger charge is -2.61. The van der Waals surface area contributed by atoms with Crippen molar-refractivity contribution in [2.24, 2.45) is 5.92 Å². The number of carbonyl (C=O) groups is 1. The fraction of sp³-hybridized carbons (Fsp3) is 0.462. The van der Waals surface area contributed by atoms with Crippen molar-refractivity contribution in [2.75, 3.05) is 0 Å². The number of amides is 1. The Morgan fingerprint density at radius 1 is 1.32 bits per heavy atom. The Morgan fingerprint density at radius 3 is 2.37 bits per heavy atom. The van der Waals surface area contributed by atoms with Crippen LogP contribution in [-0.2, 0) is 6.18 Å². The van der Waals surface area contributed by atoms with E-state index in [0.29, 0.717) is 5.56 Å². The Morgan fingerprint density at radius 2 is 1.95 bits per heavy atom. The van der Waals surface area contributed by atoms with Gasteiger partial charge >= 0.3 is 6.18 Å². The van der Waals surface area contributed by atoms with E-state index in [-0.39, 0.29) is 15.0 Å². The molecule has 0 heterocycles. The minimum Gasteiger partial charge on any atom is -0.347 e. The Kier molecular flexibility index (Phi) is 2.85. The molecule has 2 nitrogen and oxygen atoms in total. The molecule has 2 bridgehead atoms. The molecule has 0 aromatic heterocycles. The summed E-state index contributed by atoms with van der Waals surface area (Å²) in [6, 6.07) is 3.51. The summed E-state index contributed by atoms with van der Waals surface area (Å²) in [6.07, 6.45) is -1.34. The third-order valence-corrected chi connectivity index (χ3v) is 4.85. The van der Waals surface area contributed by atoms with Crippen molar-refractivity contribution in [3.63, 3.8) is 0 Å². The highest BCUT2D eigenvalue weighted by Crippen LogP contribution is 2.57. The smallest absolute Gasteiger partial charge is 0.347 e. The van der Waals surface area contributed by atoms with Crippen molar-refractivity contribution >= 4 is 28.5 Å². The lowest BCUT2D eigenvalue weighted by Crippen LogP contribution is -2.68. The highest BCUT2D eigenvalue weighted by molar-refractivity contribution is 14.1. The van der Waals surface area contributed by atoms with Crippen molar-refractivity contribution in [2.45, 2.75) is 31.0 Å². The van der Waals surface area contributed by atoms with Crippen LogP contribution in [-0.4, -0.2) is 11.4 Å². The van der Waals surface area contributed by atoms with E-state index in [1.807, 2.05) is 0 Å². The molecule has 6 heteroatoms. The topological polar surface area (TPSA) is 29.1 Å². The molecule has 0 unspecified atom stereocenters. The molecule has 0 radical (unpaired) electrons. The Balaban J connectivity index is 1.77. The molecule has 19 heavy (non-hydrogen) atoms. The lowest BCUT2D eigenvalue weighted by atomic mass is 9.50. The first-order chi connectivity index (χ1) is 8.79. The summed E-state index contributed by atoms with van der Waals surface area (Å²) in [4.78, 5) is 12.0. The molecule has 3 aliphatic carbocycles. The van der Waals surface area contributed by atoms with Crippen LogP contribution in [0.25, 0.3) is 0 Å². The van der Waals surface area contributed by atoms with Crippen LogP contribution in [0.2, 0.25) is 0 Å². The number of hydrogen-bond donors (Lipinski definition) is 1. The zero-order valence-corrected chi connectivity index (χ0v) is 12.0. The molecular weight excluding hydrogens is 370 g/mol. The molecule has 4 rings (SSSR count). The van der Waals surface area contributed by atoms with Gasteiger partial charge in [-0.15, -0.1) is 0 Å². The van der Waals surface area contributed by atoms with Crippen LogP contribution in [0.15, 0.2) is 18.2 Å². The molecule has 0 atom stereocenters. The highest BCUT2D eigenvalue weighted by atomic mass is 127. The van der Waals surface area contributed by atoms with E-state index >= 15 is 0 Å². The van der Waals surface area contributed by atoms with Gasteiger partial charge in [0.05, 0.1) is 5.56 Å². The number of halogens is 4. The SMILES string of the molecule is O=C(NC12CC(C1)C2)c1ccc(C(F)(F)F)c(I)c1.